The van der Waals surface area contributed by atoms with E-state index in [-0.39, 0.29) is 40.8 Å². The first-order chi connectivity index (χ1) is 6.98. The van der Waals surface area contributed by atoms with Gasteiger partial charge in [0.1, 0.15) is 26.4 Å². The van der Waals surface area contributed by atoms with Crippen molar-refractivity contribution in [3.8, 4) is 5.75 Å². The quantitative estimate of drug-likeness (QED) is 0.458. The van der Waals surface area contributed by atoms with Crippen molar-refractivity contribution in [2.75, 3.05) is 0 Å². The Labute approximate surface area is 114 Å². The number of aromatic nitrogens is 1. The van der Waals surface area contributed by atoms with E-state index in [1.54, 1.807) is 12.1 Å². The van der Waals surface area contributed by atoms with E-state index >= 15 is 0 Å². The SMILES string of the molecule is O=S(=O)([O-])c1ccc2cccc(O)c2n1.[Na+]. The number of fused-ring (bicyclic) bond motifs is 1. The maximum absolute atomic E-state index is 10.7. The number of phenolic OH excluding ortho intramolecular Hbond substituents is 1. The van der Waals surface area contributed by atoms with Gasteiger partial charge >= 0.3 is 29.6 Å². The van der Waals surface area contributed by atoms with Gasteiger partial charge in [-0.25, -0.2) is 13.4 Å². The number of para-hydroxylation sites is 1. The monoisotopic (exact) mass is 247 g/mol. The first-order valence-corrected chi connectivity index (χ1v) is 5.44. The molecule has 0 saturated heterocycles. The van der Waals surface area contributed by atoms with Crippen molar-refractivity contribution < 1.29 is 47.6 Å². The summed E-state index contributed by atoms with van der Waals surface area (Å²) in [4.78, 5) is 3.60. The Balaban J connectivity index is 0.00000128. The molecule has 0 fully saturated rings. The normalized spacial score (nSPS) is 11.1. The molecule has 2 rings (SSSR count). The summed E-state index contributed by atoms with van der Waals surface area (Å²) in [5.74, 6) is -0.155. The standard InChI is InChI=1S/C9H7NO4S.Na/c11-7-3-1-2-6-4-5-8(10-9(6)7)15(12,13)14;/h1-5,11H,(H,12,13,14);/q;+1/p-1. The third-order valence-corrected chi connectivity index (χ3v) is 2.67. The summed E-state index contributed by atoms with van der Waals surface area (Å²) in [5.41, 5.74) is 0.106. The van der Waals surface area contributed by atoms with Gasteiger partial charge in [-0.1, -0.05) is 12.1 Å². The Bertz CT molecular complexity index is 626. The van der Waals surface area contributed by atoms with Gasteiger partial charge in [0.2, 0.25) is 0 Å². The van der Waals surface area contributed by atoms with Crippen LogP contribution in [0.3, 0.4) is 0 Å². The van der Waals surface area contributed by atoms with Crippen LogP contribution >= 0.6 is 0 Å². The molecule has 0 aliphatic rings. The summed E-state index contributed by atoms with van der Waals surface area (Å²) >= 11 is 0. The van der Waals surface area contributed by atoms with Crippen molar-refractivity contribution in [1.29, 1.82) is 0 Å². The second kappa shape index (κ2) is 4.68. The van der Waals surface area contributed by atoms with Crippen LogP contribution in [0.1, 0.15) is 0 Å². The van der Waals surface area contributed by atoms with Crippen LogP contribution in [0.5, 0.6) is 5.75 Å². The van der Waals surface area contributed by atoms with E-state index in [1.807, 2.05) is 0 Å². The van der Waals surface area contributed by atoms with Crippen LogP contribution in [-0.2, 0) is 10.1 Å². The molecular formula is C9H6NNaO4S. The second-order valence-corrected chi connectivity index (χ2v) is 4.28. The summed E-state index contributed by atoms with van der Waals surface area (Å²) in [6.07, 6.45) is 0. The van der Waals surface area contributed by atoms with Crippen LogP contribution in [0.4, 0.5) is 0 Å². The number of phenols is 1. The van der Waals surface area contributed by atoms with Crippen LogP contribution in [-0.4, -0.2) is 23.1 Å². The fourth-order valence-corrected chi connectivity index (χ4v) is 1.69. The number of hydrogen-bond donors (Lipinski definition) is 1. The molecule has 0 radical (unpaired) electrons. The predicted molar refractivity (Wildman–Crippen MR) is 51.4 cm³/mol. The van der Waals surface area contributed by atoms with Gasteiger partial charge in [0.25, 0.3) is 0 Å². The van der Waals surface area contributed by atoms with Crippen LogP contribution in [0.2, 0.25) is 0 Å². The maximum atomic E-state index is 10.7. The molecule has 0 saturated carbocycles. The van der Waals surface area contributed by atoms with Gasteiger partial charge in [0, 0.05) is 5.39 Å². The maximum Gasteiger partial charge on any atom is 1.00 e. The number of aromatic hydroxyl groups is 1. The summed E-state index contributed by atoms with van der Waals surface area (Å²) < 4.78 is 32.1. The van der Waals surface area contributed by atoms with Gasteiger partial charge < -0.3 is 9.66 Å². The van der Waals surface area contributed by atoms with Crippen molar-refractivity contribution >= 4 is 21.0 Å². The first-order valence-electron chi connectivity index (χ1n) is 4.03. The molecule has 16 heavy (non-hydrogen) atoms. The third-order valence-electron chi connectivity index (χ3n) is 1.93. The van der Waals surface area contributed by atoms with Gasteiger partial charge in [-0.05, 0) is 18.2 Å². The zero-order valence-electron chi connectivity index (χ0n) is 8.41. The predicted octanol–water partition coefficient (Wildman–Crippen LogP) is -2.15. The molecule has 1 heterocycles. The van der Waals surface area contributed by atoms with E-state index in [9.17, 15) is 18.1 Å². The second-order valence-electron chi connectivity index (χ2n) is 2.95. The van der Waals surface area contributed by atoms with Crippen LogP contribution in [0.25, 0.3) is 10.9 Å². The average molecular weight is 247 g/mol. The summed E-state index contributed by atoms with van der Waals surface area (Å²) in [7, 11) is -4.58. The number of hydrogen-bond acceptors (Lipinski definition) is 5. The van der Waals surface area contributed by atoms with Crippen molar-refractivity contribution in [1.82, 2.24) is 4.98 Å². The Kier molecular flexibility index (Phi) is 3.92. The zero-order chi connectivity index (χ0) is 11.1. The number of nitrogens with zero attached hydrogens (tertiary/aromatic N) is 1. The molecule has 0 spiro atoms. The molecule has 0 bridgehead atoms. The minimum Gasteiger partial charge on any atom is -0.743 e. The van der Waals surface area contributed by atoms with E-state index in [0.29, 0.717) is 5.39 Å². The molecule has 0 atom stereocenters. The zero-order valence-corrected chi connectivity index (χ0v) is 11.2. The molecule has 0 aliphatic carbocycles. The Morgan fingerprint density at radius 2 is 1.88 bits per heavy atom. The van der Waals surface area contributed by atoms with Crippen LogP contribution < -0.4 is 29.6 Å². The van der Waals surface area contributed by atoms with Crippen molar-refractivity contribution in [2.45, 2.75) is 5.03 Å². The molecule has 0 unspecified atom stereocenters. The molecular weight excluding hydrogens is 241 g/mol. The Morgan fingerprint density at radius 3 is 2.50 bits per heavy atom. The van der Waals surface area contributed by atoms with E-state index in [1.165, 1.54) is 12.1 Å². The summed E-state index contributed by atoms with van der Waals surface area (Å²) in [6.45, 7) is 0. The molecule has 7 heteroatoms. The van der Waals surface area contributed by atoms with E-state index in [2.05, 4.69) is 4.98 Å². The van der Waals surface area contributed by atoms with Gasteiger partial charge in [-0.15, -0.1) is 0 Å². The van der Waals surface area contributed by atoms with Crippen LogP contribution in [0.15, 0.2) is 35.4 Å². The molecule has 1 N–H and O–H groups in total. The molecule has 78 valence electrons. The average Bonchev–Trinajstić information content (AvgIpc) is 2.16. The van der Waals surface area contributed by atoms with E-state index in [4.69, 9.17) is 0 Å². The fourth-order valence-electron chi connectivity index (χ4n) is 1.25. The minimum atomic E-state index is -4.58. The van der Waals surface area contributed by atoms with Gasteiger partial charge in [-0.3, -0.25) is 0 Å². The van der Waals surface area contributed by atoms with Gasteiger partial charge in [0.05, 0.1) is 0 Å². The van der Waals surface area contributed by atoms with Gasteiger partial charge in [-0.2, -0.15) is 0 Å². The summed E-state index contributed by atoms with van der Waals surface area (Å²) in [5, 5.41) is 9.39. The van der Waals surface area contributed by atoms with E-state index < -0.39 is 15.1 Å². The van der Waals surface area contributed by atoms with E-state index in [0.717, 1.165) is 6.07 Å². The smallest absolute Gasteiger partial charge is 0.743 e. The van der Waals surface area contributed by atoms with Crippen molar-refractivity contribution in [3.05, 3.63) is 30.3 Å². The largest absolute Gasteiger partial charge is 1.00 e. The molecule has 1 aromatic carbocycles. The number of rotatable bonds is 1. The number of pyridine rings is 1. The third kappa shape index (κ3) is 2.53. The Morgan fingerprint density at radius 1 is 1.19 bits per heavy atom. The van der Waals surface area contributed by atoms with Crippen molar-refractivity contribution in [2.24, 2.45) is 0 Å². The minimum absolute atomic E-state index is 0. The van der Waals surface area contributed by atoms with Gasteiger partial charge in [0.15, 0.2) is 0 Å². The molecule has 0 aliphatic heterocycles. The van der Waals surface area contributed by atoms with Crippen LogP contribution in [0, 0.1) is 0 Å². The Hall–Kier alpha value is -0.660. The molecule has 5 nitrogen and oxygen atoms in total. The fraction of sp³-hybridized carbons (Fsp3) is 0. The number of benzene rings is 1. The summed E-state index contributed by atoms with van der Waals surface area (Å²) in [6, 6.07) is 7.17. The first kappa shape index (κ1) is 13.4. The molecule has 2 aromatic rings. The molecule has 0 amide bonds. The molecule has 1 aromatic heterocycles. The van der Waals surface area contributed by atoms with Crippen molar-refractivity contribution in [3.63, 3.8) is 0 Å². The topological polar surface area (TPSA) is 90.3 Å².